The van der Waals surface area contributed by atoms with Crippen molar-refractivity contribution in [1.82, 2.24) is 13.7 Å². The molecular formula is C44H25N5. The predicted molar refractivity (Wildman–Crippen MR) is 199 cm³/mol. The SMILES string of the molecule is N#Cc1cc(C#N)cc(-n2c3c(ccc4c3c3ccccc3n4-c3ccccc3)c3ccc4c(c5ccccc5n4-c4ccccc4)c32)c1. The maximum atomic E-state index is 10.1. The van der Waals surface area contributed by atoms with E-state index < -0.39 is 0 Å². The largest absolute Gasteiger partial charge is 0.309 e. The fourth-order valence-electron chi connectivity index (χ4n) is 7.93. The summed E-state index contributed by atoms with van der Waals surface area (Å²) in [5, 5.41) is 27.0. The maximum Gasteiger partial charge on any atom is 0.0992 e. The Balaban J connectivity index is 1.50. The molecule has 0 unspecified atom stereocenters. The third-order valence-electron chi connectivity index (χ3n) is 9.82. The first kappa shape index (κ1) is 27.1. The Morgan fingerprint density at radius 3 is 1.22 bits per heavy atom. The van der Waals surface area contributed by atoms with E-state index in [0.717, 1.165) is 82.5 Å². The Kier molecular flexibility index (Phi) is 5.64. The molecule has 10 aromatic rings. The van der Waals surface area contributed by atoms with E-state index in [4.69, 9.17) is 0 Å². The van der Waals surface area contributed by atoms with Crippen LogP contribution >= 0.6 is 0 Å². The van der Waals surface area contributed by atoms with Gasteiger partial charge >= 0.3 is 0 Å². The van der Waals surface area contributed by atoms with Crippen LogP contribution in [0.25, 0.3) is 82.5 Å². The molecule has 0 fully saturated rings. The maximum absolute atomic E-state index is 10.1. The number of rotatable bonds is 3. The van der Waals surface area contributed by atoms with Crippen LogP contribution < -0.4 is 0 Å². The highest BCUT2D eigenvalue weighted by Crippen LogP contribution is 2.46. The fourth-order valence-corrected chi connectivity index (χ4v) is 7.93. The molecule has 226 valence electrons. The molecule has 49 heavy (non-hydrogen) atoms. The average molecular weight is 624 g/mol. The standard InChI is InChI=1S/C44H25N5/c45-26-28-23-29(27-46)25-32(24-28)49-43-33(19-21-39-41(43)35-15-7-9-17-37(35)47(39)30-11-3-1-4-12-30)34-20-22-40-42(44(34)49)36-16-8-10-18-38(36)48(40)31-13-5-2-6-14-31/h1-25H. The third kappa shape index (κ3) is 3.73. The van der Waals surface area contributed by atoms with E-state index in [0.29, 0.717) is 11.1 Å². The summed E-state index contributed by atoms with van der Waals surface area (Å²) in [6.07, 6.45) is 0. The van der Waals surface area contributed by atoms with E-state index in [9.17, 15) is 10.5 Å². The average Bonchev–Trinajstić information content (AvgIpc) is 3.81. The minimum atomic E-state index is 0.446. The fraction of sp³-hybridized carbons (Fsp3) is 0. The second-order valence-corrected chi connectivity index (χ2v) is 12.4. The van der Waals surface area contributed by atoms with Crippen LogP contribution in [0.4, 0.5) is 0 Å². The summed E-state index contributed by atoms with van der Waals surface area (Å²) in [4.78, 5) is 0. The number of para-hydroxylation sites is 4. The molecule has 0 N–H and O–H groups in total. The van der Waals surface area contributed by atoms with Crippen molar-refractivity contribution in [2.45, 2.75) is 0 Å². The van der Waals surface area contributed by atoms with Crippen LogP contribution in [0.5, 0.6) is 0 Å². The van der Waals surface area contributed by atoms with Gasteiger partial charge in [0.1, 0.15) is 0 Å². The molecule has 0 radical (unpaired) electrons. The van der Waals surface area contributed by atoms with Gasteiger partial charge in [-0.25, -0.2) is 0 Å². The summed E-state index contributed by atoms with van der Waals surface area (Å²) in [5.41, 5.74) is 10.3. The molecular weight excluding hydrogens is 599 g/mol. The molecule has 0 aliphatic carbocycles. The van der Waals surface area contributed by atoms with Crippen molar-refractivity contribution in [3.63, 3.8) is 0 Å². The Labute approximate surface area is 280 Å². The molecule has 0 amide bonds. The molecule has 0 bridgehead atoms. The molecule has 0 saturated carbocycles. The predicted octanol–water partition coefficient (Wildman–Crippen LogP) is 10.7. The van der Waals surface area contributed by atoms with Gasteiger partial charge in [-0.05, 0) is 66.7 Å². The van der Waals surface area contributed by atoms with E-state index >= 15 is 0 Å². The van der Waals surface area contributed by atoms with Crippen molar-refractivity contribution in [2.24, 2.45) is 0 Å². The van der Waals surface area contributed by atoms with Crippen LogP contribution in [0.15, 0.2) is 152 Å². The van der Waals surface area contributed by atoms with Crippen LogP contribution in [-0.4, -0.2) is 13.7 Å². The Bertz CT molecular complexity index is 2850. The summed E-state index contributed by atoms with van der Waals surface area (Å²) >= 11 is 0. The Morgan fingerprint density at radius 2 is 0.776 bits per heavy atom. The second-order valence-electron chi connectivity index (χ2n) is 12.4. The van der Waals surface area contributed by atoms with Gasteiger partial charge in [-0.1, -0.05) is 84.9 Å². The molecule has 5 heteroatoms. The highest BCUT2D eigenvalue weighted by Gasteiger charge is 2.24. The number of nitriles is 2. The molecule has 10 rings (SSSR count). The zero-order valence-corrected chi connectivity index (χ0v) is 26.2. The number of aromatic nitrogens is 3. The number of benzene rings is 7. The zero-order chi connectivity index (χ0) is 32.6. The smallest absolute Gasteiger partial charge is 0.0992 e. The van der Waals surface area contributed by atoms with Crippen LogP contribution in [0, 0.1) is 22.7 Å². The summed E-state index contributed by atoms with van der Waals surface area (Å²) in [7, 11) is 0. The van der Waals surface area contributed by atoms with Gasteiger partial charge in [-0.15, -0.1) is 0 Å². The minimum absolute atomic E-state index is 0.446. The van der Waals surface area contributed by atoms with Crippen molar-refractivity contribution in [2.75, 3.05) is 0 Å². The number of hydrogen-bond acceptors (Lipinski definition) is 2. The van der Waals surface area contributed by atoms with Crippen molar-refractivity contribution in [1.29, 1.82) is 10.5 Å². The molecule has 3 aromatic heterocycles. The zero-order valence-electron chi connectivity index (χ0n) is 26.2. The first-order valence-electron chi connectivity index (χ1n) is 16.2. The van der Waals surface area contributed by atoms with E-state index in [-0.39, 0.29) is 0 Å². The van der Waals surface area contributed by atoms with Crippen LogP contribution in [-0.2, 0) is 0 Å². The molecule has 0 spiro atoms. The van der Waals surface area contributed by atoms with E-state index in [1.165, 1.54) is 0 Å². The van der Waals surface area contributed by atoms with Gasteiger partial charge in [0.2, 0.25) is 0 Å². The second kappa shape index (κ2) is 10.2. The lowest BCUT2D eigenvalue weighted by Gasteiger charge is -2.12. The summed E-state index contributed by atoms with van der Waals surface area (Å²) < 4.78 is 6.96. The van der Waals surface area contributed by atoms with Crippen molar-refractivity contribution >= 4 is 65.4 Å². The Morgan fingerprint density at radius 1 is 0.347 bits per heavy atom. The molecule has 0 saturated heterocycles. The van der Waals surface area contributed by atoms with Crippen molar-refractivity contribution < 1.29 is 0 Å². The van der Waals surface area contributed by atoms with Gasteiger partial charge in [0, 0.05) is 49.4 Å². The minimum Gasteiger partial charge on any atom is -0.309 e. The number of nitrogens with zero attached hydrogens (tertiary/aromatic N) is 5. The quantitative estimate of drug-likeness (QED) is 0.197. The van der Waals surface area contributed by atoms with E-state index in [2.05, 4.69) is 147 Å². The highest BCUT2D eigenvalue weighted by molar-refractivity contribution is 6.31. The third-order valence-corrected chi connectivity index (χ3v) is 9.82. The lowest BCUT2D eigenvalue weighted by atomic mass is 10.1. The molecule has 3 heterocycles. The summed E-state index contributed by atoms with van der Waals surface area (Å²) in [5.74, 6) is 0. The normalized spacial score (nSPS) is 11.6. The van der Waals surface area contributed by atoms with E-state index in [1.807, 2.05) is 24.3 Å². The van der Waals surface area contributed by atoms with Crippen LogP contribution in [0.2, 0.25) is 0 Å². The number of hydrogen-bond donors (Lipinski definition) is 0. The van der Waals surface area contributed by atoms with Gasteiger partial charge in [0.15, 0.2) is 0 Å². The number of fused-ring (bicyclic) bond motifs is 11. The molecule has 0 aliphatic rings. The highest BCUT2D eigenvalue weighted by atomic mass is 15.0. The van der Waals surface area contributed by atoms with Crippen molar-refractivity contribution in [3.8, 4) is 29.2 Å². The lowest BCUT2D eigenvalue weighted by Crippen LogP contribution is -1.98. The first-order valence-corrected chi connectivity index (χ1v) is 16.2. The van der Waals surface area contributed by atoms with Gasteiger partial charge in [0.05, 0.1) is 56.4 Å². The molecule has 0 atom stereocenters. The lowest BCUT2D eigenvalue weighted by molar-refractivity contribution is 1.17. The summed E-state index contributed by atoms with van der Waals surface area (Å²) in [6, 6.07) is 57.1. The molecule has 0 aliphatic heterocycles. The van der Waals surface area contributed by atoms with Gasteiger partial charge in [-0.3, -0.25) is 0 Å². The van der Waals surface area contributed by atoms with Crippen LogP contribution in [0.3, 0.4) is 0 Å². The van der Waals surface area contributed by atoms with E-state index in [1.54, 1.807) is 6.07 Å². The Hall–Kier alpha value is -7.08. The topological polar surface area (TPSA) is 62.4 Å². The van der Waals surface area contributed by atoms with Gasteiger partial charge in [0.25, 0.3) is 0 Å². The van der Waals surface area contributed by atoms with Gasteiger partial charge < -0.3 is 13.7 Å². The monoisotopic (exact) mass is 623 g/mol. The molecule has 7 aromatic carbocycles. The van der Waals surface area contributed by atoms with Crippen molar-refractivity contribution in [3.05, 3.63) is 163 Å². The first-order chi connectivity index (χ1) is 24.2. The molecule has 5 nitrogen and oxygen atoms in total. The summed E-state index contributed by atoms with van der Waals surface area (Å²) in [6.45, 7) is 0. The van der Waals surface area contributed by atoms with Gasteiger partial charge in [-0.2, -0.15) is 10.5 Å². The van der Waals surface area contributed by atoms with Crippen LogP contribution in [0.1, 0.15) is 11.1 Å².